The van der Waals surface area contributed by atoms with E-state index in [1.165, 1.54) is 12.1 Å². The number of rotatable bonds is 4. The fraction of sp³-hybridized carbons (Fsp3) is 0.174. The molecule has 0 amide bonds. The van der Waals surface area contributed by atoms with Crippen LogP contribution in [0, 0.1) is 0 Å². The summed E-state index contributed by atoms with van der Waals surface area (Å²) in [5.41, 5.74) is 2.25. The Kier molecular flexibility index (Phi) is 5.25. The second-order valence-electron chi connectivity index (χ2n) is 6.89. The Hall–Kier alpha value is -3.28. The van der Waals surface area contributed by atoms with E-state index in [9.17, 15) is 13.2 Å². The van der Waals surface area contributed by atoms with E-state index in [1.54, 1.807) is 0 Å². The van der Waals surface area contributed by atoms with Crippen molar-refractivity contribution in [3.63, 3.8) is 0 Å². The summed E-state index contributed by atoms with van der Waals surface area (Å²) in [6.07, 6.45) is -4.33. The summed E-state index contributed by atoms with van der Waals surface area (Å²) in [4.78, 5) is 6.77. The molecule has 3 aromatic carbocycles. The number of para-hydroxylation sites is 1. The standard InChI is InChI=1S/C23H20F3N3/c24-23(25,26)19-13-11-17(12-14-19)15-27-22-28-21(18-7-3-1-4-8-18)16-29(22)20-9-5-2-6-10-20/h1-14,21H,15-16H2,(H,27,28). The van der Waals surface area contributed by atoms with Crippen molar-refractivity contribution in [1.82, 2.24) is 5.32 Å². The van der Waals surface area contributed by atoms with Crippen LogP contribution in [0.3, 0.4) is 0 Å². The molecular formula is C23H20F3N3. The molecule has 0 saturated carbocycles. The van der Waals surface area contributed by atoms with Gasteiger partial charge in [-0.3, -0.25) is 0 Å². The summed E-state index contributed by atoms with van der Waals surface area (Å²) >= 11 is 0. The Morgan fingerprint density at radius 2 is 1.48 bits per heavy atom. The summed E-state index contributed by atoms with van der Waals surface area (Å²) in [7, 11) is 0. The van der Waals surface area contributed by atoms with Crippen molar-refractivity contribution in [2.45, 2.75) is 18.8 Å². The van der Waals surface area contributed by atoms with E-state index in [4.69, 9.17) is 0 Å². The molecule has 0 spiro atoms. The van der Waals surface area contributed by atoms with E-state index in [2.05, 4.69) is 27.3 Å². The first-order chi connectivity index (χ1) is 14.0. The van der Waals surface area contributed by atoms with E-state index < -0.39 is 11.7 Å². The van der Waals surface area contributed by atoms with Gasteiger partial charge in [-0.05, 0) is 35.4 Å². The number of guanidine groups is 1. The van der Waals surface area contributed by atoms with Crippen LogP contribution in [0.5, 0.6) is 0 Å². The molecule has 1 aliphatic heterocycles. The van der Waals surface area contributed by atoms with Crippen LogP contribution in [0.4, 0.5) is 18.9 Å². The molecule has 148 valence electrons. The van der Waals surface area contributed by atoms with Crippen molar-refractivity contribution in [3.8, 4) is 0 Å². The molecule has 4 rings (SSSR count). The summed E-state index contributed by atoms with van der Waals surface area (Å²) in [6.45, 7) is 1.02. The number of nitrogens with zero attached hydrogens (tertiary/aromatic N) is 2. The average Bonchev–Trinajstić information content (AvgIpc) is 3.17. The molecule has 6 heteroatoms. The molecule has 3 aromatic rings. The molecule has 0 bridgehead atoms. The lowest BCUT2D eigenvalue weighted by Crippen LogP contribution is -2.30. The van der Waals surface area contributed by atoms with Gasteiger partial charge in [0.05, 0.1) is 24.7 Å². The number of aliphatic imine (C=N–C) groups is 1. The number of nitrogens with one attached hydrogen (secondary N) is 1. The van der Waals surface area contributed by atoms with E-state index in [0.717, 1.165) is 35.5 Å². The topological polar surface area (TPSA) is 27.6 Å². The van der Waals surface area contributed by atoms with Gasteiger partial charge in [0.2, 0.25) is 0 Å². The second kappa shape index (κ2) is 7.99. The van der Waals surface area contributed by atoms with Gasteiger partial charge in [0, 0.05) is 5.69 Å². The van der Waals surface area contributed by atoms with E-state index in [-0.39, 0.29) is 6.04 Å². The van der Waals surface area contributed by atoms with Gasteiger partial charge in [-0.1, -0.05) is 60.7 Å². The highest BCUT2D eigenvalue weighted by Gasteiger charge is 2.30. The predicted molar refractivity (Wildman–Crippen MR) is 109 cm³/mol. The molecule has 1 fully saturated rings. The highest BCUT2D eigenvalue weighted by molar-refractivity contribution is 5.98. The van der Waals surface area contributed by atoms with Crippen molar-refractivity contribution in [3.05, 3.63) is 102 Å². The Labute approximate surface area is 167 Å². The zero-order chi connectivity index (χ0) is 20.3. The summed E-state index contributed by atoms with van der Waals surface area (Å²) in [5.74, 6) is 0.713. The third kappa shape index (κ3) is 4.42. The lowest BCUT2D eigenvalue weighted by atomic mass is 10.1. The number of benzene rings is 3. The second-order valence-corrected chi connectivity index (χ2v) is 6.89. The molecule has 1 saturated heterocycles. The zero-order valence-electron chi connectivity index (χ0n) is 15.6. The third-order valence-corrected chi connectivity index (χ3v) is 4.89. The lowest BCUT2D eigenvalue weighted by molar-refractivity contribution is -0.137. The highest BCUT2D eigenvalue weighted by Crippen LogP contribution is 2.29. The smallest absolute Gasteiger partial charge is 0.347 e. The molecule has 0 aromatic heterocycles. The largest absolute Gasteiger partial charge is 0.416 e. The summed E-state index contributed by atoms with van der Waals surface area (Å²) in [6, 6.07) is 25.3. The minimum Gasteiger partial charge on any atom is -0.347 e. The van der Waals surface area contributed by atoms with Crippen molar-refractivity contribution < 1.29 is 13.2 Å². The number of alkyl halides is 3. The van der Waals surface area contributed by atoms with Crippen molar-refractivity contribution in [1.29, 1.82) is 0 Å². The molecule has 1 atom stereocenters. The van der Waals surface area contributed by atoms with Crippen molar-refractivity contribution in [2.75, 3.05) is 11.4 Å². The molecular weight excluding hydrogens is 375 g/mol. The van der Waals surface area contributed by atoms with Gasteiger partial charge >= 0.3 is 6.18 Å². The van der Waals surface area contributed by atoms with Gasteiger partial charge in [0.1, 0.15) is 0 Å². The van der Waals surface area contributed by atoms with Crippen LogP contribution in [-0.2, 0) is 12.7 Å². The quantitative estimate of drug-likeness (QED) is 0.639. The van der Waals surface area contributed by atoms with Crippen molar-refractivity contribution in [2.24, 2.45) is 4.99 Å². The van der Waals surface area contributed by atoms with Crippen LogP contribution in [0.15, 0.2) is 89.9 Å². The lowest BCUT2D eigenvalue weighted by Gasteiger charge is -2.17. The van der Waals surface area contributed by atoms with E-state index >= 15 is 0 Å². The van der Waals surface area contributed by atoms with Crippen LogP contribution in [0.1, 0.15) is 22.7 Å². The maximum absolute atomic E-state index is 12.8. The highest BCUT2D eigenvalue weighted by atomic mass is 19.4. The third-order valence-electron chi connectivity index (χ3n) is 4.89. The molecule has 1 aliphatic rings. The Bertz CT molecular complexity index is 968. The summed E-state index contributed by atoms with van der Waals surface area (Å²) in [5, 5.41) is 3.46. The summed E-state index contributed by atoms with van der Waals surface area (Å²) < 4.78 is 38.3. The van der Waals surface area contributed by atoms with Crippen LogP contribution < -0.4 is 10.2 Å². The average molecular weight is 395 g/mol. The fourth-order valence-electron chi connectivity index (χ4n) is 3.35. The molecule has 0 aliphatic carbocycles. The minimum absolute atomic E-state index is 0.0859. The van der Waals surface area contributed by atoms with Crippen LogP contribution in [-0.4, -0.2) is 12.5 Å². The maximum Gasteiger partial charge on any atom is 0.416 e. The Morgan fingerprint density at radius 1 is 0.862 bits per heavy atom. The SMILES string of the molecule is FC(F)(F)c1ccc(CN=C2NC(c3ccccc3)CN2c2ccccc2)cc1. The molecule has 1 unspecified atom stereocenters. The molecule has 1 N–H and O–H groups in total. The number of hydrogen-bond acceptors (Lipinski definition) is 1. The van der Waals surface area contributed by atoms with Crippen LogP contribution in [0.25, 0.3) is 0 Å². The number of hydrogen-bond donors (Lipinski definition) is 1. The maximum atomic E-state index is 12.8. The molecule has 29 heavy (non-hydrogen) atoms. The Morgan fingerprint density at radius 3 is 2.10 bits per heavy atom. The van der Waals surface area contributed by atoms with E-state index in [0.29, 0.717) is 12.5 Å². The van der Waals surface area contributed by atoms with Gasteiger partial charge in [-0.15, -0.1) is 0 Å². The molecule has 1 heterocycles. The predicted octanol–water partition coefficient (Wildman–Crippen LogP) is 5.41. The number of anilines is 1. The van der Waals surface area contributed by atoms with E-state index in [1.807, 2.05) is 48.5 Å². The van der Waals surface area contributed by atoms with Gasteiger partial charge < -0.3 is 10.2 Å². The van der Waals surface area contributed by atoms with Crippen LogP contribution in [0.2, 0.25) is 0 Å². The molecule has 3 nitrogen and oxygen atoms in total. The number of halogens is 3. The first-order valence-electron chi connectivity index (χ1n) is 9.35. The fourth-order valence-corrected chi connectivity index (χ4v) is 3.35. The Balaban J connectivity index is 1.57. The van der Waals surface area contributed by atoms with Gasteiger partial charge in [0.25, 0.3) is 0 Å². The van der Waals surface area contributed by atoms with Crippen LogP contribution >= 0.6 is 0 Å². The normalized spacial score (nSPS) is 18.1. The molecule has 0 radical (unpaired) electrons. The van der Waals surface area contributed by atoms with Gasteiger partial charge in [-0.2, -0.15) is 13.2 Å². The van der Waals surface area contributed by atoms with Crippen molar-refractivity contribution >= 4 is 11.6 Å². The van der Waals surface area contributed by atoms with Gasteiger partial charge in [-0.25, -0.2) is 4.99 Å². The first kappa shape index (κ1) is 19.1. The monoisotopic (exact) mass is 395 g/mol. The van der Waals surface area contributed by atoms with Gasteiger partial charge in [0.15, 0.2) is 5.96 Å². The first-order valence-corrected chi connectivity index (χ1v) is 9.35. The zero-order valence-corrected chi connectivity index (χ0v) is 15.6. The minimum atomic E-state index is -4.33.